The molecular formula is C10H12Cl2N2O2. The average molecular weight is 263 g/mol. The molecular weight excluding hydrogens is 251 g/mol. The second-order valence-corrected chi connectivity index (χ2v) is 4.03. The van der Waals surface area contributed by atoms with Gasteiger partial charge in [-0.2, -0.15) is 0 Å². The number of pyridine rings is 1. The summed E-state index contributed by atoms with van der Waals surface area (Å²) in [5, 5.41) is 3.08. The van der Waals surface area contributed by atoms with Crippen LogP contribution in [0.4, 0.5) is 0 Å². The normalized spacial score (nSPS) is 12.2. The van der Waals surface area contributed by atoms with Crippen LogP contribution in [0.25, 0.3) is 0 Å². The van der Waals surface area contributed by atoms with E-state index in [1.165, 1.54) is 12.1 Å². The molecule has 0 aliphatic heterocycles. The van der Waals surface area contributed by atoms with E-state index in [1.807, 2.05) is 6.92 Å². The Labute approximate surface area is 104 Å². The summed E-state index contributed by atoms with van der Waals surface area (Å²) in [5.41, 5.74) is 0.383. The second-order valence-electron chi connectivity index (χ2n) is 3.26. The summed E-state index contributed by atoms with van der Waals surface area (Å²) in [6.45, 7) is 2.28. The van der Waals surface area contributed by atoms with E-state index in [4.69, 9.17) is 27.9 Å². The van der Waals surface area contributed by atoms with Gasteiger partial charge in [-0.25, -0.2) is 4.98 Å². The summed E-state index contributed by atoms with van der Waals surface area (Å²) in [6.07, 6.45) is -0.0447. The first-order valence-electron chi connectivity index (χ1n) is 4.67. The van der Waals surface area contributed by atoms with Crippen molar-refractivity contribution in [2.24, 2.45) is 0 Å². The molecule has 6 heteroatoms. The van der Waals surface area contributed by atoms with Gasteiger partial charge in [-0.3, -0.25) is 4.79 Å². The zero-order chi connectivity index (χ0) is 12.1. The number of hydrogen-bond acceptors (Lipinski definition) is 3. The first kappa shape index (κ1) is 13.2. The molecule has 0 spiro atoms. The molecule has 0 saturated carbocycles. The molecule has 1 unspecified atom stereocenters. The highest BCUT2D eigenvalue weighted by Gasteiger charge is 2.09. The maximum absolute atomic E-state index is 11.7. The number of nitrogens with zero attached hydrogens (tertiary/aromatic N) is 1. The topological polar surface area (TPSA) is 51.2 Å². The lowest BCUT2D eigenvalue weighted by Crippen LogP contribution is -2.31. The van der Waals surface area contributed by atoms with E-state index in [0.717, 1.165) is 0 Å². The van der Waals surface area contributed by atoms with Gasteiger partial charge in [0.05, 0.1) is 6.10 Å². The number of carbonyl (C=O) groups excluding carboxylic acids is 1. The first-order chi connectivity index (χ1) is 7.52. The molecule has 1 N–H and O–H groups in total. The molecule has 1 aromatic rings. The van der Waals surface area contributed by atoms with E-state index in [2.05, 4.69) is 10.3 Å². The van der Waals surface area contributed by atoms with Gasteiger partial charge in [-0.05, 0) is 19.1 Å². The lowest BCUT2D eigenvalue weighted by atomic mass is 10.2. The molecule has 0 fully saturated rings. The lowest BCUT2D eigenvalue weighted by Gasteiger charge is -2.10. The summed E-state index contributed by atoms with van der Waals surface area (Å²) in [4.78, 5) is 15.4. The third-order valence-electron chi connectivity index (χ3n) is 1.98. The molecule has 0 aliphatic carbocycles. The highest BCUT2D eigenvalue weighted by atomic mass is 35.5. The van der Waals surface area contributed by atoms with Crippen molar-refractivity contribution in [1.82, 2.24) is 10.3 Å². The Kier molecular flexibility index (Phi) is 4.99. The van der Waals surface area contributed by atoms with E-state index < -0.39 is 0 Å². The number of halogens is 2. The first-order valence-corrected chi connectivity index (χ1v) is 5.42. The van der Waals surface area contributed by atoms with Crippen molar-refractivity contribution in [1.29, 1.82) is 0 Å². The zero-order valence-electron chi connectivity index (χ0n) is 8.96. The molecule has 1 amide bonds. The van der Waals surface area contributed by atoms with Crippen molar-refractivity contribution in [3.63, 3.8) is 0 Å². The maximum atomic E-state index is 11.7. The van der Waals surface area contributed by atoms with Gasteiger partial charge in [0.2, 0.25) is 0 Å². The minimum Gasteiger partial charge on any atom is -0.380 e. The SMILES string of the molecule is COC(C)CNC(=O)c1cc(Cl)nc(Cl)c1. The minimum atomic E-state index is -0.255. The van der Waals surface area contributed by atoms with Crippen LogP contribution < -0.4 is 5.32 Å². The monoisotopic (exact) mass is 262 g/mol. The van der Waals surface area contributed by atoms with Crippen molar-refractivity contribution in [3.8, 4) is 0 Å². The number of hydrogen-bond donors (Lipinski definition) is 1. The molecule has 1 rings (SSSR count). The van der Waals surface area contributed by atoms with Gasteiger partial charge in [-0.15, -0.1) is 0 Å². The second kappa shape index (κ2) is 6.03. The molecule has 1 heterocycles. The summed E-state index contributed by atoms with van der Waals surface area (Å²) < 4.78 is 5.00. The van der Waals surface area contributed by atoms with E-state index in [9.17, 15) is 4.79 Å². The maximum Gasteiger partial charge on any atom is 0.251 e. The minimum absolute atomic E-state index is 0.0447. The standard InChI is InChI=1S/C10H12Cl2N2O2/c1-6(16-2)5-13-10(15)7-3-8(11)14-9(12)4-7/h3-4,6H,5H2,1-2H3,(H,13,15). The molecule has 4 nitrogen and oxygen atoms in total. The molecule has 0 bridgehead atoms. The van der Waals surface area contributed by atoms with Crippen LogP contribution in [-0.2, 0) is 4.74 Å². The smallest absolute Gasteiger partial charge is 0.251 e. The van der Waals surface area contributed by atoms with Crippen LogP contribution in [-0.4, -0.2) is 30.6 Å². The molecule has 1 aromatic heterocycles. The van der Waals surface area contributed by atoms with Crippen molar-refractivity contribution >= 4 is 29.1 Å². The number of nitrogens with one attached hydrogen (secondary N) is 1. The van der Waals surface area contributed by atoms with Crippen LogP contribution in [0.15, 0.2) is 12.1 Å². The van der Waals surface area contributed by atoms with Crippen molar-refractivity contribution in [3.05, 3.63) is 28.0 Å². The summed E-state index contributed by atoms with van der Waals surface area (Å²) in [5.74, 6) is -0.255. The Balaban J connectivity index is 2.66. The Morgan fingerprint density at radius 1 is 1.50 bits per heavy atom. The Morgan fingerprint density at radius 2 is 2.06 bits per heavy atom. The fourth-order valence-electron chi connectivity index (χ4n) is 1.02. The number of aromatic nitrogens is 1. The molecule has 16 heavy (non-hydrogen) atoms. The predicted octanol–water partition coefficient (Wildman–Crippen LogP) is 2.15. The van der Waals surface area contributed by atoms with Gasteiger partial charge in [0, 0.05) is 19.2 Å². The molecule has 0 saturated heterocycles. The summed E-state index contributed by atoms with van der Waals surface area (Å²) >= 11 is 11.4. The predicted molar refractivity (Wildman–Crippen MR) is 63.1 cm³/mol. The number of methoxy groups -OCH3 is 1. The van der Waals surface area contributed by atoms with Crippen molar-refractivity contribution in [2.45, 2.75) is 13.0 Å². The summed E-state index contributed by atoms with van der Waals surface area (Å²) in [6, 6.07) is 2.92. The van der Waals surface area contributed by atoms with Crippen LogP contribution in [0.1, 0.15) is 17.3 Å². The lowest BCUT2D eigenvalue weighted by molar-refractivity contribution is 0.0870. The van der Waals surface area contributed by atoms with E-state index in [-0.39, 0.29) is 22.3 Å². The number of carbonyl (C=O) groups is 1. The Morgan fingerprint density at radius 3 is 2.56 bits per heavy atom. The average Bonchev–Trinajstić information content (AvgIpc) is 2.23. The third-order valence-corrected chi connectivity index (χ3v) is 2.36. The van der Waals surface area contributed by atoms with E-state index in [1.54, 1.807) is 7.11 Å². The Bertz CT molecular complexity index is 365. The molecule has 1 atom stereocenters. The zero-order valence-corrected chi connectivity index (χ0v) is 10.5. The van der Waals surface area contributed by atoms with Crippen LogP contribution in [0.3, 0.4) is 0 Å². The van der Waals surface area contributed by atoms with E-state index in [0.29, 0.717) is 12.1 Å². The van der Waals surface area contributed by atoms with Crippen LogP contribution in [0, 0.1) is 0 Å². The molecule has 88 valence electrons. The Hall–Kier alpha value is -0.840. The van der Waals surface area contributed by atoms with E-state index >= 15 is 0 Å². The highest BCUT2D eigenvalue weighted by Crippen LogP contribution is 2.14. The van der Waals surface area contributed by atoms with Gasteiger partial charge in [0.25, 0.3) is 5.91 Å². The van der Waals surface area contributed by atoms with Crippen molar-refractivity contribution in [2.75, 3.05) is 13.7 Å². The quantitative estimate of drug-likeness (QED) is 0.847. The fraction of sp³-hybridized carbons (Fsp3) is 0.400. The molecule has 0 radical (unpaired) electrons. The molecule has 0 aliphatic rings. The van der Waals surface area contributed by atoms with Crippen LogP contribution in [0.5, 0.6) is 0 Å². The third kappa shape index (κ3) is 3.96. The fourth-order valence-corrected chi connectivity index (χ4v) is 1.48. The van der Waals surface area contributed by atoms with Gasteiger partial charge >= 0.3 is 0 Å². The van der Waals surface area contributed by atoms with Gasteiger partial charge in [0.15, 0.2) is 0 Å². The van der Waals surface area contributed by atoms with Gasteiger partial charge in [-0.1, -0.05) is 23.2 Å². The number of rotatable bonds is 4. The van der Waals surface area contributed by atoms with Gasteiger partial charge < -0.3 is 10.1 Å². The van der Waals surface area contributed by atoms with Gasteiger partial charge in [0.1, 0.15) is 10.3 Å². The summed E-state index contributed by atoms with van der Waals surface area (Å²) in [7, 11) is 1.58. The van der Waals surface area contributed by atoms with Crippen LogP contribution >= 0.6 is 23.2 Å². The highest BCUT2D eigenvalue weighted by molar-refractivity contribution is 6.33. The number of ether oxygens (including phenoxy) is 1. The largest absolute Gasteiger partial charge is 0.380 e. The molecule has 0 aromatic carbocycles. The van der Waals surface area contributed by atoms with Crippen LogP contribution in [0.2, 0.25) is 10.3 Å². The number of amides is 1. The van der Waals surface area contributed by atoms with Crippen molar-refractivity contribution < 1.29 is 9.53 Å².